The average Bonchev–Trinajstić information content (AvgIpc) is 2.25. The molecule has 6 nitrogen and oxygen atoms in total. The van der Waals surface area contributed by atoms with Gasteiger partial charge in [-0.05, 0) is 31.7 Å². The van der Waals surface area contributed by atoms with E-state index in [1.54, 1.807) is 6.92 Å². The van der Waals surface area contributed by atoms with Gasteiger partial charge >= 0.3 is 0 Å². The molecule has 0 saturated heterocycles. The quantitative estimate of drug-likeness (QED) is 0.667. The molecule has 2 rings (SSSR count). The standard InChI is InChI=1S/C12H15ClN2O4S/c1-8(9-3-2-4-9)14-20(18,19)12-7-10(15(16)17)5-6-11(12)13/h5-9,14H,2-4H2,1H3. The molecule has 1 fully saturated rings. The predicted octanol–water partition coefficient (Wildman–Crippen LogP) is 2.72. The van der Waals surface area contributed by atoms with E-state index in [1.165, 1.54) is 12.1 Å². The van der Waals surface area contributed by atoms with Crippen LogP contribution < -0.4 is 4.72 Å². The molecule has 110 valence electrons. The number of benzene rings is 1. The first kappa shape index (κ1) is 15.2. The molecule has 1 aromatic rings. The fourth-order valence-corrected chi connectivity index (χ4v) is 3.99. The number of hydrogen-bond acceptors (Lipinski definition) is 4. The molecule has 1 aliphatic rings. The van der Waals surface area contributed by atoms with E-state index in [4.69, 9.17) is 11.6 Å². The van der Waals surface area contributed by atoms with Crippen LogP contribution in [0.5, 0.6) is 0 Å². The lowest BCUT2D eigenvalue weighted by Crippen LogP contribution is -2.40. The molecule has 0 aromatic heterocycles. The van der Waals surface area contributed by atoms with Crippen molar-refractivity contribution in [1.29, 1.82) is 0 Å². The maximum absolute atomic E-state index is 12.3. The normalized spacial score (nSPS) is 17.5. The van der Waals surface area contributed by atoms with E-state index in [9.17, 15) is 18.5 Å². The van der Waals surface area contributed by atoms with E-state index in [0.29, 0.717) is 5.92 Å². The summed E-state index contributed by atoms with van der Waals surface area (Å²) >= 11 is 5.85. The van der Waals surface area contributed by atoms with Crippen LogP contribution in [0, 0.1) is 16.0 Å². The zero-order valence-electron chi connectivity index (χ0n) is 10.9. The maximum atomic E-state index is 12.3. The van der Waals surface area contributed by atoms with Gasteiger partial charge in [0.1, 0.15) is 4.90 Å². The van der Waals surface area contributed by atoms with Gasteiger partial charge in [-0.3, -0.25) is 10.1 Å². The van der Waals surface area contributed by atoms with Crippen molar-refractivity contribution < 1.29 is 13.3 Å². The molecular formula is C12H15ClN2O4S. The largest absolute Gasteiger partial charge is 0.270 e. The number of nitro benzene ring substituents is 1. The summed E-state index contributed by atoms with van der Waals surface area (Å²) in [6.45, 7) is 1.80. The molecule has 1 N–H and O–H groups in total. The number of nitro groups is 1. The Bertz CT molecular complexity index is 628. The van der Waals surface area contributed by atoms with Gasteiger partial charge in [0.05, 0.1) is 9.95 Å². The molecule has 0 amide bonds. The minimum Gasteiger partial charge on any atom is -0.258 e. The second kappa shape index (κ2) is 5.67. The maximum Gasteiger partial charge on any atom is 0.270 e. The zero-order valence-corrected chi connectivity index (χ0v) is 12.4. The summed E-state index contributed by atoms with van der Waals surface area (Å²) < 4.78 is 27.1. The van der Waals surface area contributed by atoms with Crippen molar-refractivity contribution in [3.05, 3.63) is 33.3 Å². The lowest BCUT2D eigenvalue weighted by Gasteiger charge is -2.31. The van der Waals surface area contributed by atoms with Crippen molar-refractivity contribution >= 4 is 27.3 Å². The van der Waals surface area contributed by atoms with Gasteiger partial charge in [0.2, 0.25) is 10.0 Å². The fraction of sp³-hybridized carbons (Fsp3) is 0.500. The molecule has 0 spiro atoms. The van der Waals surface area contributed by atoms with Crippen LogP contribution in [0.2, 0.25) is 5.02 Å². The summed E-state index contributed by atoms with van der Waals surface area (Å²) in [6, 6.07) is 3.18. The van der Waals surface area contributed by atoms with Crippen molar-refractivity contribution in [2.75, 3.05) is 0 Å². The smallest absolute Gasteiger partial charge is 0.258 e. The molecule has 1 aliphatic carbocycles. The van der Waals surface area contributed by atoms with Crippen LogP contribution in [-0.4, -0.2) is 19.4 Å². The average molecular weight is 319 g/mol. The van der Waals surface area contributed by atoms with E-state index < -0.39 is 14.9 Å². The highest BCUT2D eigenvalue weighted by Gasteiger charge is 2.29. The predicted molar refractivity (Wildman–Crippen MR) is 75.2 cm³/mol. The Balaban J connectivity index is 2.28. The number of nitrogens with one attached hydrogen (secondary N) is 1. The van der Waals surface area contributed by atoms with Gasteiger partial charge in [-0.1, -0.05) is 18.0 Å². The topological polar surface area (TPSA) is 89.3 Å². The van der Waals surface area contributed by atoms with E-state index in [-0.39, 0.29) is 21.6 Å². The molecular weight excluding hydrogens is 304 g/mol. The summed E-state index contributed by atoms with van der Waals surface area (Å²) in [6.07, 6.45) is 3.09. The lowest BCUT2D eigenvalue weighted by molar-refractivity contribution is -0.385. The SMILES string of the molecule is CC(NS(=O)(=O)c1cc([N+](=O)[O-])ccc1Cl)C1CCC1. The van der Waals surface area contributed by atoms with Crippen molar-refractivity contribution in [2.24, 2.45) is 5.92 Å². The highest BCUT2D eigenvalue weighted by Crippen LogP contribution is 2.31. The van der Waals surface area contributed by atoms with Crippen LogP contribution in [0.15, 0.2) is 23.1 Å². The third kappa shape index (κ3) is 3.11. The number of rotatable bonds is 5. The second-order valence-corrected chi connectivity index (χ2v) is 7.06. The summed E-state index contributed by atoms with van der Waals surface area (Å²) in [4.78, 5) is 9.83. The van der Waals surface area contributed by atoms with E-state index in [0.717, 1.165) is 25.3 Å². The lowest BCUT2D eigenvalue weighted by atomic mass is 9.81. The van der Waals surface area contributed by atoms with Gasteiger partial charge in [-0.25, -0.2) is 13.1 Å². The third-order valence-corrected chi connectivity index (χ3v) is 5.65. The first-order valence-electron chi connectivity index (χ1n) is 6.27. The Hall–Kier alpha value is -1.18. The first-order valence-corrected chi connectivity index (χ1v) is 8.13. The zero-order chi connectivity index (χ0) is 14.9. The number of sulfonamides is 1. The van der Waals surface area contributed by atoms with Crippen LogP contribution in [0.1, 0.15) is 26.2 Å². The van der Waals surface area contributed by atoms with E-state index in [1.807, 2.05) is 0 Å². The second-order valence-electron chi connectivity index (χ2n) is 4.97. The van der Waals surface area contributed by atoms with Crippen LogP contribution in [0.4, 0.5) is 5.69 Å². The summed E-state index contributed by atoms with van der Waals surface area (Å²) in [7, 11) is -3.85. The van der Waals surface area contributed by atoms with E-state index >= 15 is 0 Å². The van der Waals surface area contributed by atoms with Gasteiger partial charge in [-0.2, -0.15) is 0 Å². The molecule has 1 unspecified atom stereocenters. The Kier molecular flexibility index (Phi) is 4.31. The highest BCUT2D eigenvalue weighted by molar-refractivity contribution is 7.89. The van der Waals surface area contributed by atoms with Gasteiger partial charge in [0, 0.05) is 18.2 Å². The fourth-order valence-electron chi connectivity index (χ4n) is 2.16. The highest BCUT2D eigenvalue weighted by atomic mass is 35.5. The number of hydrogen-bond donors (Lipinski definition) is 1. The molecule has 1 saturated carbocycles. The number of halogens is 1. The van der Waals surface area contributed by atoms with Crippen molar-refractivity contribution in [3.8, 4) is 0 Å². The van der Waals surface area contributed by atoms with Gasteiger partial charge in [-0.15, -0.1) is 0 Å². The van der Waals surface area contributed by atoms with Crippen molar-refractivity contribution in [2.45, 2.75) is 37.1 Å². The molecule has 0 aliphatic heterocycles. The summed E-state index contributed by atoms with van der Waals surface area (Å²) in [5.41, 5.74) is -0.300. The molecule has 0 bridgehead atoms. The Morgan fingerprint density at radius 2 is 2.10 bits per heavy atom. The van der Waals surface area contributed by atoms with Crippen molar-refractivity contribution in [3.63, 3.8) is 0 Å². The van der Waals surface area contributed by atoms with Crippen LogP contribution in [-0.2, 0) is 10.0 Å². The summed E-state index contributed by atoms with van der Waals surface area (Å²) in [5.74, 6) is 0.322. The van der Waals surface area contributed by atoms with Crippen LogP contribution in [0.3, 0.4) is 0 Å². The van der Waals surface area contributed by atoms with Crippen LogP contribution in [0.25, 0.3) is 0 Å². The molecule has 1 atom stereocenters. The molecule has 0 heterocycles. The van der Waals surface area contributed by atoms with Crippen LogP contribution >= 0.6 is 11.6 Å². The van der Waals surface area contributed by atoms with Gasteiger partial charge in [0.15, 0.2) is 0 Å². The Labute approximate surface area is 122 Å². The van der Waals surface area contributed by atoms with Crippen molar-refractivity contribution in [1.82, 2.24) is 4.72 Å². The van der Waals surface area contributed by atoms with E-state index in [2.05, 4.69) is 4.72 Å². The molecule has 8 heteroatoms. The van der Waals surface area contributed by atoms with Gasteiger partial charge in [0.25, 0.3) is 5.69 Å². The number of nitrogens with zero attached hydrogens (tertiary/aromatic N) is 1. The van der Waals surface area contributed by atoms with Gasteiger partial charge < -0.3 is 0 Å². The minimum absolute atomic E-state index is 0.0242. The minimum atomic E-state index is -3.85. The first-order chi connectivity index (χ1) is 9.31. The molecule has 0 radical (unpaired) electrons. The Morgan fingerprint density at radius 3 is 2.60 bits per heavy atom. The Morgan fingerprint density at radius 1 is 1.45 bits per heavy atom. The monoisotopic (exact) mass is 318 g/mol. The number of non-ortho nitro benzene ring substituents is 1. The molecule has 20 heavy (non-hydrogen) atoms. The summed E-state index contributed by atoms with van der Waals surface area (Å²) in [5, 5.41) is 10.7. The molecule has 1 aromatic carbocycles. The third-order valence-electron chi connectivity index (χ3n) is 3.61.